The van der Waals surface area contributed by atoms with Crippen LogP contribution in [0.4, 0.5) is 0 Å². The predicted octanol–water partition coefficient (Wildman–Crippen LogP) is 3.17. The Hall–Kier alpha value is -2.93. The van der Waals surface area contributed by atoms with Crippen molar-refractivity contribution in [1.29, 1.82) is 0 Å². The van der Waals surface area contributed by atoms with Gasteiger partial charge in [-0.15, -0.1) is 5.10 Å². The van der Waals surface area contributed by atoms with Crippen LogP contribution in [0.25, 0.3) is 10.8 Å². The van der Waals surface area contributed by atoms with Crippen LogP contribution in [0, 0.1) is 0 Å². The molecule has 0 bridgehead atoms. The van der Waals surface area contributed by atoms with Crippen molar-refractivity contribution in [2.45, 2.75) is 44.3 Å². The summed E-state index contributed by atoms with van der Waals surface area (Å²) in [6.45, 7) is 2.81. The van der Waals surface area contributed by atoms with Crippen LogP contribution in [0.2, 0.25) is 0 Å². The number of nitrogens with zero attached hydrogens (tertiary/aromatic N) is 4. The zero-order valence-electron chi connectivity index (χ0n) is 17.3. The molecule has 2 fully saturated rings. The molecule has 7 nitrogen and oxygen atoms in total. The largest absolute Gasteiger partial charge is 0.496 e. The number of nitrogens with one attached hydrogen (secondary N) is 1. The van der Waals surface area contributed by atoms with E-state index in [0.717, 1.165) is 51.1 Å². The number of hydrogen-bond acceptors (Lipinski definition) is 5. The van der Waals surface area contributed by atoms with Gasteiger partial charge in [0.25, 0.3) is 5.91 Å². The maximum Gasteiger partial charge on any atom is 0.273 e. The molecule has 2 heterocycles. The molecule has 2 aliphatic rings. The Labute approximate surface area is 176 Å². The van der Waals surface area contributed by atoms with E-state index in [1.165, 1.54) is 16.3 Å². The second-order valence-electron chi connectivity index (χ2n) is 8.31. The minimum atomic E-state index is -0.107. The molecule has 2 aromatic carbocycles. The lowest BCUT2D eigenvalue weighted by Gasteiger charge is -2.32. The number of aromatic nitrogens is 3. The Balaban J connectivity index is 1.24. The highest BCUT2D eigenvalue weighted by Gasteiger charge is 2.27. The van der Waals surface area contributed by atoms with Crippen LogP contribution in [0.3, 0.4) is 0 Å². The molecule has 5 rings (SSSR count). The number of benzene rings is 2. The molecule has 156 valence electrons. The van der Waals surface area contributed by atoms with Crippen LogP contribution in [0.1, 0.15) is 47.8 Å². The van der Waals surface area contributed by atoms with Gasteiger partial charge in [0.15, 0.2) is 5.69 Å². The number of ether oxygens (including phenoxy) is 1. The lowest BCUT2D eigenvalue weighted by molar-refractivity contribution is 0.0946. The summed E-state index contributed by atoms with van der Waals surface area (Å²) in [7, 11) is 1.74. The van der Waals surface area contributed by atoms with Gasteiger partial charge in [0.2, 0.25) is 0 Å². The number of hydrogen-bond donors (Lipinski definition) is 1. The topological polar surface area (TPSA) is 72.3 Å². The minimum absolute atomic E-state index is 0.107. The molecule has 1 N–H and O–H groups in total. The third-order valence-electron chi connectivity index (χ3n) is 6.19. The van der Waals surface area contributed by atoms with Crippen LogP contribution in [0.5, 0.6) is 5.75 Å². The Morgan fingerprint density at radius 2 is 1.93 bits per heavy atom. The molecular formula is C23H27N5O2. The van der Waals surface area contributed by atoms with Crippen LogP contribution in [-0.2, 0) is 6.54 Å². The first-order valence-electron chi connectivity index (χ1n) is 10.7. The molecule has 7 heteroatoms. The van der Waals surface area contributed by atoms with Crippen molar-refractivity contribution in [1.82, 2.24) is 25.2 Å². The van der Waals surface area contributed by atoms with E-state index in [4.69, 9.17) is 4.74 Å². The van der Waals surface area contributed by atoms with Gasteiger partial charge in [-0.1, -0.05) is 35.5 Å². The highest BCUT2D eigenvalue weighted by atomic mass is 16.5. The lowest BCUT2D eigenvalue weighted by Crippen LogP contribution is -2.34. The Kier molecular flexibility index (Phi) is 5.12. The predicted molar refractivity (Wildman–Crippen MR) is 115 cm³/mol. The number of likely N-dealkylation sites (tertiary alicyclic amines) is 1. The fraction of sp³-hybridized carbons (Fsp3) is 0.435. The summed E-state index contributed by atoms with van der Waals surface area (Å²) in [6, 6.07) is 13.3. The van der Waals surface area contributed by atoms with Crippen molar-refractivity contribution in [3.05, 3.63) is 53.9 Å². The minimum Gasteiger partial charge on any atom is -0.496 e. The van der Waals surface area contributed by atoms with Crippen molar-refractivity contribution in [3.63, 3.8) is 0 Å². The van der Waals surface area contributed by atoms with E-state index in [0.29, 0.717) is 11.7 Å². The molecule has 1 saturated carbocycles. The second kappa shape index (κ2) is 8.07. The molecule has 1 aromatic heterocycles. The Morgan fingerprint density at radius 1 is 1.13 bits per heavy atom. The normalized spacial score (nSPS) is 17.9. The maximum absolute atomic E-state index is 12.2. The lowest BCUT2D eigenvalue weighted by atomic mass is 10.0. The van der Waals surface area contributed by atoms with Gasteiger partial charge >= 0.3 is 0 Å². The zero-order chi connectivity index (χ0) is 20.5. The number of piperidine rings is 1. The summed E-state index contributed by atoms with van der Waals surface area (Å²) in [6.07, 6.45) is 5.91. The van der Waals surface area contributed by atoms with Gasteiger partial charge in [0.1, 0.15) is 5.75 Å². The van der Waals surface area contributed by atoms with Gasteiger partial charge < -0.3 is 10.1 Å². The average Bonchev–Trinajstić information content (AvgIpc) is 3.45. The fourth-order valence-electron chi connectivity index (χ4n) is 4.28. The first kappa shape index (κ1) is 19.1. The molecule has 3 aromatic rings. The monoisotopic (exact) mass is 405 g/mol. The van der Waals surface area contributed by atoms with Gasteiger partial charge in [-0.25, -0.2) is 4.68 Å². The van der Waals surface area contributed by atoms with E-state index < -0.39 is 0 Å². The molecule has 0 spiro atoms. The van der Waals surface area contributed by atoms with Crippen molar-refractivity contribution in [2.75, 3.05) is 20.2 Å². The molecule has 1 aliphatic heterocycles. The third-order valence-corrected chi connectivity index (χ3v) is 6.19. The summed E-state index contributed by atoms with van der Waals surface area (Å²) in [5, 5.41) is 13.8. The van der Waals surface area contributed by atoms with Crippen LogP contribution >= 0.6 is 0 Å². The van der Waals surface area contributed by atoms with Gasteiger partial charge in [0.05, 0.1) is 19.3 Å². The second-order valence-corrected chi connectivity index (χ2v) is 8.31. The molecule has 1 saturated heterocycles. The van der Waals surface area contributed by atoms with E-state index in [1.807, 2.05) is 4.68 Å². The van der Waals surface area contributed by atoms with Gasteiger partial charge in [-0.05, 0) is 42.5 Å². The number of amides is 1. The summed E-state index contributed by atoms with van der Waals surface area (Å²) in [5.74, 6) is 0.836. The Bertz CT molecular complexity index is 1050. The summed E-state index contributed by atoms with van der Waals surface area (Å²) >= 11 is 0. The molecule has 30 heavy (non-hydrogen) atoms. The van der Waals surface area contributed by atoms with Crippen molar-refractivity contribution >= 4 is 16.7 Å². The fourth-order valence-corrected chi connectivity index (χ4v) is 4.28. The first-order chi connectivity index (χ1) is 14.7. The molecular weight excluding hydrogens is 378 g/mol. The van der Waals surface area contributed by atoms with Crippen LogP contribution < -0.4 is 10.1 Å². The number of rotatable bonds is 6. The van der Waals surface area contributed by atoms with Gasteiger partial charge in [0, 0.05) is 31.2 Å². The molecule has 1 aliphatic carbocycles. The van der Waals surface area contributed by atoms with Crippen molar-refractivity contribution in [3.8, 4) is 5.75 Å². The smallest absolute Gasteiger partial charge is 0.273 e. The molecule has 1 amide bonds. The number of carbonyl (C=O) groups excluding carboxylic acids is 1. The standard InChI is InChI=1S/C23H27N5O2/c1-30-22-9-6-16-4-2-3-5-19(16)20(22)14-27-12-10-18(11-13-27)28-15-21(25-26-28)23(29)24-17-7-8-17/h2-6,9,15,17-18H,7-8,10-14H2,1H3,(H,24,29). The number of carbonyl (C=O) groups is 1. The Morgan fingerprint density at radius 3 is 2.70 bits per heavy atom. The number of fused-ring (bicyclic) bond motifs is 1. The van der Waals surface area contributed by atoms with E-state index in [9.17, 15) is 4.79 Å². The third kappa shape index (κ3) is 3.89. The van der Waals surface area contributed by atoms with E-state index in [-0.39, 0.29) is 11.9 Å². The highest BCUT2D eigenvalue weighted by molar-refractivity contribution is 5.92. The van der Waals surface area contributed by atoms with Gasteiger partial charge in [-0.3, -0.25) is 9.69 Å². The first-order valence-corrected chi connectivity index (χ1v) is 10.7. The summed E-state index contributed by atoms with van der Waals surface area (Å²) in [4.78, 5) is 14.6. The zero-order valence-corrected chi connectivity index (χ0v) is 17.3. The van der Waals surface area contributed by atoms with E-state index in [2.05, 4.69) is 56.9 Å². The van der Waals surface area contributed by atoms with E-state index in [1.54, 1.807) is 13.3 Å². The van der Waals surface area contributed by atoms with Gasteiger partial charge in [-0.2, -0.15) is 0 Å². The summed E-state index contributed by atoms with van der Waals surface area (Å²) < 4.78 is 7.53. The average molecular weight is 406 g/mol. The SMILES string of the molecule is COc1ccc2ccccc2c1CN1CCC(n2cc(C(=O)NC3CC3)nn2)CC1. The number of methoxy groups -OCH3 is 1. The van der Waals surface area contributed by atoms with Crippen molar-refractivity contribution < 1.29 is 9.53 Å². The van der Waals surface area contributed by atoms with Crippen molar-refractivity contribution in [2.24, 2.45) is 0 Å². The summed E-state index contributed by atoms with van der Waals surface area (Å²) in [5.41, 5.74) is 1.67. The molecule has 0 radical (unpaired) electrons. The maximum atomic E-state index is 12.2. The molecule has 0 atom stereocenters. The highest BCUT2D eigenvalue weighted by Crippen LogP contribution is 2.31. The van der Waals surface area contributed by atoms with Crippen LogP contribution in [-0.4, -0.2) is 52.0 Å². The van der Waals surface area contributed by atoms with Crippen LogP contribution in [0.15, 0.2) is 42.6 Å². The van der Waals surface area contributed by atoms with E-state index >= 15 is 0 Å². The molecule has 0 unspecified atom stereocenters. The quantitative estimate of drug-likeness (QED) is 0.682.